The predicted molar refractivity (Wildman–Crippen MR) is 57.0 cm³/mol. The molecule has 1 nitrogen and oxygen atoms in total. The van der Waals surface area contributed by atoms with Gasteiger partial charge in [0, 0.05) is 4.90 Å². The standard InChI is InChI=1S/C9H9ClFNS/c1-3-13-9-5-7(11)6(10)4-8(9)12-2/h4-5H,2-3H2,1H3. The zero-order valence-electron chi connectivity index (χ0n) is 7.18. The first-order valence-electron chi connectivity index (χ1n) is 3.77. The van der Waals surface area contributed by atoms with E-state index in [0.29, 0.717) is 5.69 Å². The molecule has 0 aliphatic carbocycles. The Hall–Kier alpha value is -0.540. The average Bonchev–Trinajstić information content (AvgIpc) is 2.11. The summed E-state index contributed by atoms with van der Waals surface area (Å²) < 4.78 is 13.0. The lowest BCUT2D eigenvalue weighted by atomic mass is 10.3. The van der Waals surface area contributed by atoms with Crippen molar-refractivity contribution >= 4 is 35.8 Å². The van der Waals surface area contributed by atoms with Gasteiger partial charge in [0.2, 0.25) is 0 Å². The molecular formula is C9H9ClFNS. The van der Waals surface area contributed by atoms with Crippen LogP contribution in [0.3, 0.4) is 0 Å². The summed E-state index contributed by atoms with van der Waals surface area (Å²) in [7, 11) is 0. The third-order valence-electron chi connectivity index (χ3n) is 1.47. The van der Waals surface area contributed by atoms with Crippen LogP contribution in [0.4, 0.5) is 10.1 Å². The summed E-state index contributed by atoms with van der Waals surface area (Å²) in [5.41, 5.74) is 0.637. The number of hydrogen-bond acceptors (Lipinski definition) is 2. The van der Waals surface area contributed by atoms with Crippen molar-refractivity contribution in [2.45, 2.75) is 11.8 Å². The molecular weight excluding hydrogens is 209 g/mol. The monoisotopic (exact) mass is 217 g/mol. The summed E-state index contributed by atoms with van der Waals surface area (Å²) in [6, 6.07) is 2.88. The fraction of sp³-hybridized carbons (Fsp3) is 0.222. The Balaban J connectivity index is 3.16. The van der Waals surface area contributed by atoms with Crippen molar-refractivity contribution in [3.8, 4) is 0 Å². The Morgan fingerprint density at radius 2 is 2.31 bits per heavy atom. The second-order valence-corrected chi connectivity index (χ2v) is 4.04. The van der Waals surface area contributed by atoms with Gasteiger partial charge in [-0.2, -0.15) is 0 Å². The fourth-order valence-corrected chi connectivity index (χ4v) is 1.84. The summed E-state index contributed by atoms with van der Waals surface area (Å²) in [4.78, 5) is 4.55. The van der Waals surface area contributed by atoms with E-state index in [2.05, 4.69) is 11.7 Å². The van der Waals surface area contributed by atoms with Gasteiger partial charge < -0.3 is 0 Å². The van der Waals surface area contributed by atoms with Crippen molar-refractivity contribution in [3.63, 3.8) is 0 Å². The summed E-state index contributed by atoms with van der Waals surface area (Å²) in [6.45, 7) is 5.39. The maximum atomic E-state index is 13.0. The zero-order chi connectivity index (χ0) is 9.84. The van der Waals surface area contributed by atoms with E-state index in [4.69, 9.17) is 11.6 Å². The van der Waals surface area contributed by atoms with E-state index < -0.39 is 5.82 Å². The van der Waals surface area contributed by atoms with E-state index in [9.17, 15) is 4.39 Å². The van der Waals surface area contributed by atoms with Gasteiger partial charge in [-0.25, -0.2) is 4.39 Å². The summed E-state index contributed by atoms with van der Waals surface area (Å²) in [5, 5.41) is 0.0860. The van der Waals surface area contributed by atoms with Gasteiger partial charge >= 0.3 is 0 Å². The fourth-order valence-electron chi connectivity index (χ4n) is 0.913. The van der Waals surface area contributed by atoms with Gasteiger partial charge in [-0.3, -0.25) is 4.99 Å². The number of halogens is 2. The number of benzene rings is 1. The van der Waals surface area contributed by atoms with Crippen LogP contribution in [-0.2, 0) is 0 Å². The zero-order valence-corrected chi connectivity index (χ0v) is 8.75. The third kappa shape index (κ3) is 2.45. The molecule has 1 aromatic carbocycles. The Morgan fingerprint density at radius 1 is 1.62 bits per heavy atom. The molecule has 0 unspecified atom stereocenters. The minimum Gasteiger partial charge on any atom is -0.263 e. The van der Waals surface area contributed by atoms with Crippen LogP contribution < -0.4 is 0 Å². The van der Waals surface area contributed by atoms with Gasteiger partial charge in [-0.1, -0.05) is 18.5 Å². The first-order chi connectivity index (χ1) is 6.19. The van der Waals surface area contributed by atoms with E-state index in [0.717, 1.165) is 10.6 Å². The van der Waals surface area contributed by atoms with Crippen molar-refractivity contribution in [2.24, 2.45) is 4.99 Å². The number of rotatable bonds is 3. The molecule has 4 heteroatoms. The van der Waals surface area contributed by atoms with Gasteiger partial charge in [0.1, 0.15) is 5.82 Å². The highest BCUT2D eigenvalue weighted by Crippen LogP contribution is 2.33. The van der Waals surface area contributed by atoms with Crippen molar-refractivity contribution in [1.82, 2.24) is 0 Å². The quantitative estimate of drug-likeness (QED) is 0.552. The molecule has 0 aliphatic rings. The van der Waals surface area contributed by atoms with Crippen LogP contribution in [0.2, 0.25) is 5.02 Å². The summed E-state index contributed by atoms with van der Waals surface area (Å²) in [5.74, 6) is 0.453. The van der Waals surface area contributed by atoms with E-state index >= 15 is 0 Å². The maximum absolute atomic E-state index is 13.0. The molecule has 0 aromatic heterocycles. The van der Waals surface area contributed by atoms with Crippen LogP contribution in [0.1, 0.15) is 6.92 Å². The minimum atomic E-state index is -0.412. The van der Waals surface area contributed by atoms with Gasteiger partial charge in [-0.05, 0) is 24.6 Å². The topological polar surface area (TPSA) is 12.4 Å². The number of thioether (sulfide) groups is 1. The molecule has 13 heavy (non-hydrogen) atoms. The molecule has 0 spiro atoms. The van der Waals surface area contributed by atoms with E-state index in [1.165, 1.54) is 23.9 Å². The van der Waals surface area contributed by atoms with Crippen molar-refractivity contribution in [2.75, 3.05) is 5.75 Å². The van der Waals surface area contributed by atoms with Gasteiger partial charge in [-0.15, -0.1) is 11.8 Å². The normalized spacial score (nSPS) is 10.1. The lowest BCUT2D eigenvalue weighted by molar-refractivity contribution is 0.625. The highest BCUT2D eigenvalue weighted by molar-refractivity contribution is 7.99. The maximum Gasteiger partial charge on any atom is 0.143 e. The number of nitrogens with zero attached hydrogens (tertiary/aromatic N) is 1. The predicted octanol–water partition coefficient (Wildman–Crippen LogP) is 3.92. The highest BCUT2D eigenvalue weighted by atomic mass is 35.5. The molecule has 0 amide bonds. The smallest absolute Gasteiger partial charge is 0.143 e. The first-order valence-corrected chi connectivity index (χ1v) is 5.14. The van der Waals surface area contributed by atoms with E-state index in [-0.39, 0.29) is 5.02 Å². The van der Waals surface area contributed by atoms with Crippen LogP contribution in [0.25, 0.3) is 0 Å². The van der Waals surface area contributed by atoms with Gasteiger partial charge in [0.05, 0.1) is 10.7 Å². The van der Waals surface area contributed by atoms with Crippen LogP contribution in [0.15, 0.2) is 22.0 Å². The molecule has 0 N–H and O–H groups in total. The molecule has 0 bridgehead atoms. The lowest BCUT2D eigenvalue weighted by Gasteiger charge is -2.04. The second-order valence-electron chi connectivity index (χ2n) is 2.33. The van der Waals surface area contributed by atoms with Crippen LogP contribution in [0.5, 0.6) is 0 Å². The molecule has 0 atom stereocenters. The van der Waals surface area contributed by atoms with E-state index in [1.807, 2.05) is 6.92 Å². The molecule has 0 aliphatic heterocycles. The molecule has 0 heterocycles. The highest BCUT2D eigenvalue weighted by Gasteiger charge is 2.06. The van der Waals surface area contributed by atoms with Crippen molar-refractivity contribution < 1.29 is 4.39 Å². The molecule has 1 aromatic rings. The molecule has 70 valence electrons. The van der Waals surface area contributed by atoms with Gasteiger partial charge in [0.15, 0.2) is 0 Å². The van der Waals surface area contributed by atoms with Crippen LogP contribution in [-0.4, -0.2) is 12.5 Å². The Kier molecular flexibility index (Phi) is 3.75. The third-order valence-corrected chi connectivity index (χ3v) is 2.69. The second kappa shape index (κ2) is 4.63. The van der Waals surface area contributed by atoms with Crippen molar-refractivity contribution in [3.05, 3.63) is 23.0 Å². The van der Waals surface area contributed by atoms with Crippen LogP contribution >= 0.6 is 23.4 Å². The first kappa shape index (κ1) is 10.5. The Bertz CT molecular complexity index is 328. The Morgan fingerprint density at radius 3 is 2.85 bits per heavy atom. The number of aliphatic imine (C=N–C) groups is 1. The Labute approximate surface area is 86.0 Å². The van der Waals surface area contributed by atoms with Crippen LogP contribution in [0, 0.1) is 5.82 Å². The van der Waals surface area contributed by atoms with Crippen molar-refractivity contribution in [1.29, 1.82) is 0 Å². The molecule has 1 rings (SSSR count). The largest absolute Gasteiger partial charge is 0.263 e. The lowest BCUT2D eigenvalue weighted by Crippen LogP contribution is -1.81. The summed E-state index contributed by atoms with van der Waals surface area (Å²) >= 11 is 7.11. The minimum absolute atomic E-state index is 0.0860. The molecule has 0 saturated heterocycles. The number of hydrogen-bond donors (Lipinski definition) is 0. The van der Waals surface area contributed by atoms with Gasteiger partial charge in [0.25, 0.3) is 0 Å². The molecule has 0 fully saturated rings. The average molecular weight is 218 g/mol. The SMILES string of the molecule is C=Nc1cc(Cl)c(F)cc1SCC. The summed E-state index contributed by atoms with van der Waals surface area (Å²) in [6.07, 6.45) is 0. The molecule has 0 radical (unpaired) electrons. The molecule has 0 saturated carbocycles. The van der Waals surface area contributed by atoms with E-state index in [1.54, 1.807) is 0 Å².